The first kappa shape index (κ1) is 17.6. The van der Waals surface area contributed by atoms with Gasteiger partial charge in [0.1, 0.15) is 11.0 Å². The Kier molecular flexibility index (Phi) is 6.30. The highest BCUT2D eigenvalue weighted by Gasteiger charge is 2.20. The van der Waals surface area contributed by atoms with Crippen molar-refractivity contribution >= 4 is 17.0 Å². The lowest BCUT2D eigenvalue weighted by atomic mass is 9.90. The van der Waals surface area contributed by atoms with E-state index in [1.807, 2.05) is 30.3 Å². The molecule has 0 amide bonds. The predicted octanol–water partition coefficient (Wildman–Crippen LogP) is 3.18. The quantitative estimate of drug-likeness (QED) is 0.834. The van der Waals surface area contributed by atoms with E-state index in [0.29, 0.717) is 17.7 Å². The van der Waals surface area contributed by atoms with Crippen LogP contribution in [-0.4, -0.2) is 33.7 Å². The fraction of sp³-hybridized carbons (Fsp3) is 0.389. The van der Waals surface area contributed by atoms with Crippen molar-refractivity contribution in [2.75, 3.05) is 14.1 Å². The molecule has 0 saturated heterocycles. The van der Waals surface area contributed by atoms with Crippen LogP contribution in [0, 0.1) is 5.92 Å². The summed E-state index contributed by atoms with van der Waals surface area (Å²) in [7, 11) is 2.30. The van der Waals surface area contributed by atoms with Gasteiger partial charge in [0.05, 0.1) is 10.8 Å². The molecule has 5 heteroatoms. The Morgan fingerprint density at radius 3 is 2.70 bits per heavy atom. The van der Waals surface area contributed by atoms with Crippen LogP contribution in [0.15, 0.2) is 53.0 Å². The maximum Gasteiger partial charge on any atom is 0.307 e. The van der Waals surface area contributed by atoms with Crippen LogP contribution in [0.25, 0.3) is 0 Å². The molecule has 1 aromatic carbocycles. The second-order valence-corrected chi connectivity index (χ2v) is 7.61. The third-order valence-electron chi connectivity index (χ3n) is 3.82. The predicted molar refractivity (Wildman–Crippen MR) is 92.4 cm³/mol. The molecule has 0 fully saturated rings. The molecule has 2 unspecified atom stereocenters. The molecule has 0 heterocycles. The van der Waals surface area contributed by atoms with Crippen LogP contribution >= 0.6 is 0 Å². The van der Waals surface area contributed by atoms with Crippen molar-refractivity contribution in [3.8, 4) is 0 Å². The summed E-state index contributed by atoms with van der Waals surface area (Å²) in [5.74, 6) is -1.25. The van der Waals surface area contributed by atoms with Gasteiger partial charge in [-0.05, 0) is 57.5 Å². The number of allylic oxidation sites excluding steroid dienone is 4. The zero-order chi connectivity index (χ0) is 16.8. The molecular formula is C18H23NO3S. The Bertz CT molecular complexity index is 649. The van der Waals surface area contributed by atoms with Crippen molar-refractivity contribution in [2.45, 2.75) is 30.6 Å². The average molecular weight is 333 g/mol. The first-order valence-corrected chi connectivity index (χ1v) is 8.84. The van der Waals surface area contributed by atoms with Gasteiger partial charge in [0.2, 0.25) is 0 Å². The van der Waals surface area contributed by atoms with Gasteiger partial charge < -0.3 is 5.11 Å². The van der Waals surface area contributed by atoms with E-state index in [2.05, 4.69) is 12.2 Å². The largest absolute Gasteiger partial charge is 0.481 e. The number of hydrogen-bond donors (Lipinski definition) is 1. The average Bonchev–Trinajstić information content (AvgIpc) is 2.54. The van der Waals surface area contributed by atoms with Gasteiger partial charge in [-0.2, -0.15) is 0 Å². The number of nitrogens with zero attached hydrogens (tertiary/aromatic N) is 1. The van der Waals surface area contributed by atoms with E-state index >= 15 is 0 Å². The number of aliphatic carboxylic acids is 1. The van der Waals surface area contributed by atoms with Crippen LogP contribution in [0.2, 0.25) is 0 Å². The Morgan fingerprint density at radius 1 is 1.30 bits per heavy atom. The summed E-state index contributed by atoms with van der Waals surface area (Å²) < 4.78 is 13.8. The van der Waals surface area contributed by atoms with Crippen LogP contribution in [0.1, 0.15) is 24.8 Å². The highest BCUT2D eigenvalue weighted by atomic mass is 32.2. The zero-order valence-corrected chi connectivity index (χ0v) is 14.4. The topological polar surface area (TPSA) is 57.6 Å². The Morgan fingerprint density at radius 2 is 2.09 bits per heavy atom. The molecule has 4 nitrogen and oxygen atoms in total. The number of hydrogen-bond acceptors (Lipinski definition) is 2. The number of rotatable bonds is 7. The van der Waals surface area contributed by atoms with E-state index in [-0.39, 0.29) is 0 Å². The standard InChI is InChI=1S/C18H23NO3S/c1-19(2)23(22)17-10-6-9-15(13-17)12-16(18(20)21)11-14-7-4-3-5-8-14/h4,6-10,13,16H,3,5,11-12H2,1-2H3,(H,20,21). The first-order chi connectivity index (χ1) is 11.0. The highest BCUT2D eigenvalue weighted by Crippen LogP contribution is 2.23. The van der Waals surface area contributed by atoms with Crippen molar-refractivity contribution in [3.63, 3.8) is 0 Å². The minimum absolute atomic E-state index is 0.443. The third kappa shape index (κ3) is 5.15. The third-order valence-corrected chi connectivity index (χ3v) is 5.14. The van der Waals surface area contributed by atoms with Gasteiger partial charge in [-0.25, -0.2) is 8.51 Å². The van der Waals surface area contributed by atoms with Crippen LogP contribution in [0.4, 0.5) is 0 Å². The van der Waals surface area contributed by atoms with Crippen molar-refractivity contribution in [1.82, 2.24) is 4.31 Å². The molecule has 0 saturated carbocycles. The van der Waals surface area contributed by atoms with Gasteiger partial charge in [-0.1, -0.05) is 35.9 Å². The Labute approximate surface area is 140 Å². The van der Waals surface area contributed by atoms with Gasteiger partial charge in [0, 0.05) is 0 Å². The van der Waals surface area contributed by atoms with Crippen LogP contribution in [-0.2, 0) is 22.2 Å². The molecule has 0 bridgehead atoms. The van der Waals surface area contributed by atoms with Crippen LogP contribution in [0.5, 0.6) is 0 Å². The maximum absolute atomic E-state index is 12.1. The lowest BCUT2D eigenvalue weighted by Gasteiger charge is -2.16. The Hall–Kier alpha value is -1.72. The maximum atomic E-state index is 12.1. The molecule has 0 spiro atoms. The lowest BCUT2D eigenvalue weighted by Crippen LogP contribution is -2.18. The molecule has 1 N–H and O–H groups in total. The van der Waals surface area contributed by atoms with E-state index in [9.17, 15) is 14.1 Å². The highest BCUT2D eigenvalue weighted by molar-refractivity contribution is 7.82. The lowest BCUT2D eigenvalue weighted by molar-refractivity contribution is -0.141. The van der Waals surface area contributed by atoms with Crippen molar-refractivity contribution in [2.24, 2.45) is 5.92 Å². The van der Waals surface area contributed by atoms with Gasteiger partial charge >= 0.3 is 5.97 Å². The molecule has 0 aromatic heterocycles. The molecule has 1 aliphatic carbocycles. The van der Waals surface area contributed by atoms with Crippen molar-refractivity contribution in [3.05, 3.63) is 53.6 Å². The monoisotopic (exact) mass is 333 g/mol. The Balaban J connectivity index is 2.12. The smallest absolute Gasteiger partial charge is 0.307 e. The molecule has 0 radical (unpaired) electrons. The van der Waals surface area contributed by atoms with Gasteiger partial charge in [0.15, 0.2) is 0 Å². The zero-order valence-electron chi connectivity index (χ0n) is 13.6. The fourth-order valence-electron chi connectivity index (χ4n) is 2.63. The summed E-state index contributed by atoms with van der Waals surface area (Å²) in [4.78, 5) is 12.3. The minimum Gasteiger partial charge on any atom is -0.481 e. The summed E-state index contributed by atoms with van der Waals surface area (Å²) in [5.41, 5.74) is 2.00. The van der Waals surface area contributed by atoms with E-state index in [0.717, 1.165) is 24.0 Å². The SMILES string of the molecule is CN(C)S(=O)c1cccc(CC(CC2=CCCC=C2)C(=O)O)c1. The van der Waals surface area contributed by atoms with Crippen molar-refractivity contribution < 1.29 is 14.1 Å². The van der Waals surface area contributed by atoms with Gasteiger partial charge in [0.25, 0.3) is 0 Å². The van der Waals surface area contributed by atoms with Crippen molar-refractivity contribution in [1.29, 1.82) is 0 Å². The molecule has 124 valence electrons. The van der Waals surface area contributed by atoms with E-state index < -0.39 is 22.9 Å². The number of benzene rings is 1. The second-order valence-electron chi connectivity index (χ2n) is 5.91. The van der Waals surface area contributed by atoms with E-state index in [1.165, 1.54) is 0 Å². The molecular weight excluding hydrogens is 310 g/mol. The number of carboxylic acids is 1. The van der Waals surface area contributed by atoms with Crippen LogP contribution < -0.4 is 0 Å². The molecule has 2 atom stereocenters. The first-order valence-electron chi connectivity index (χ1n) is 7.74. The molecule has 23 heavy (non-hydrogen) atoms. The number of carbonyl (C=O) groups is 1. The van der Waals surface area contributed by atoms with E-state index in [1.54, 1.807) is 18.4 Å². The molecule has 1 aromatic rings. The fourth-order valence-corrected chi connectivity index (χ4v) is 3.50. The number of carboxylic acid groups (broad SMARTS) is 1. The second kappa shape index (κ2) is 8.22. The molecule has 1 aliphatic rings. The van der Waals surface area contributed by atoms with Gasteiger partial charge in [-0.3, -0.25) is 4.79 Å². The van der Waals surface area contributed by atoms with E-state index in [4.69, 9.17) is 0 Å². The summed E-state index contributed by atoms with van der Waals surface area (Å²) in [6.07, 6.45) is 9.22. The molecule has 0 aliphatic heterocycles. The van der Waals surface area contributed by atoms with Crippen LogP contribution in [0.3, 0.4) is 0 Å². The normalized spacial score (nSPS) is 16.9. The summed E-state index contributed by atoms with van der Waals surface area (Å²) in [6, 6.07) is 7.39. The summed E-state index contributed by atoms with van der Waals surface area (Å²) in [5, 5.41) is 9.51. The molecule has 2 rings (SSSR count). The van der Waals surface area contributed by atoms with Gasteiger partial charge in [-0.15, -0.1) is 0 Å². The summed E-state index contributed by atoms with van der Waals surface area (Å²) >= 11 is 0. The minimum atomic E-state index is -1.21. The summed E-state index contributed by atoms with van der Waals surface area (Å²) in [6.45, 7) is 0.